The Kier molecular flexibility index (Phi) is 27.0. The van der Waals surface area contributed by atoms with Gasteiger partial charge in [0.2, 0.25) is 11.9 Å². The van der Waals surface area contributed by atoms with Crippen molar-refractivity contribution < 1.29 is 61.0 Å². The normalized spacial score (nSPS) is 43.7. The zero-order valence-corrected chi connectivity index (χ0v) is 64.4. The van der Waals surface area contributed by atoms with E-state index < -0.39 is 28.7 Å². The maximum atomic E-state index is 13.3. The van der Waals surface area contributed by atoms with Gasteiger partial charge in [-0.3, -0.25) is 19.4 Å². The first-order valence-electron chi connectivity index (χ1n) is 38.6. The second-order valence-corrected chi connectivity index (χ2v) is 37.0. The van der Waals surface area contributed by atoms with Gasteiger partial charge in [0.05, 0.1) is 86.3 Å². The number of imidazole rings is 2. The van der Waals surface area contributed by atoms with E-state index in [1.54, 1.807) is 30.5 Å². The van der Waals surface area contributed by atoms with Crippen molar-refractivity contribution in [3.63, 3.8) is 0 Å². The number of methoxy groups -OCH3 is 3. The molecule has 1 aliphatic heterocycles. The lowest BCUT2D eigenvalue weighted by molar-refractivity contribution is -0.164. The second-order valence-electron chi connectivity index (χ2n) is 36.1. The number of ketones is 3. The van der Waals surface area contributed by atoms with Crippen LogP contribution in [0.2, 0.25) is 0 Å². The minimum atomic E-state index is -0.660. The molecule has 20 heteroatoms. The molecule has 15 rings (SSSR count). The van der Waals surface area contributed by atoms with Gasteiger partial charge in [-0.25, -0.2) is 14.4 Å². The van der Waals surface area contributed by atoms with Crippen LogP contribution in [0.4, 0.5) is 17.1 Å². The van der Waals surface area contributed by atoms with Gasteiger partial charge in [-0.2, -0.15) is 12.7 Å². The molecule has 3 N–H and O–H groups in total. The van der Waals surface area contributed by atoms with Crippen LogP contribution in [0.5, 0.6) is 0 Å². The minimum absolute atomic E-state index is 0. The summed E-state index contributed by atoms with van der Waals surface area (Å²) in [4.78, 5) is 49.9. The molecule has 0 radical (unpaired) electrons. The monoisotopic (exact) mass is 1520 g/mol. The van der Waals surface area contributed by atoms with Crippen molar-refractivity contribution in [3.05, 3.63) is 49.0 Å². The molecule has 0 amide bonds. The summed E-state index contributed by atoms with van der Waals surface area (Å²) in [7, 11) is 5.08. The Labute approximate surface area is 622 Å². The van der Waals surface area contributed by atoms with E-state index in [2.05, 4.69) is 72.4 Å². The summed E-state index contributed by atoms with van der Waals surface area (Å²) in [5.74, 6) is 8.16. The molecule has 24 atom stereocenters. The van der Waals surface area contributed by atoms with Crippen molar-refractivity contribution in [2.45, 2.75) is 266 Å². The number of rotatable bonds is 14. The van der Waals surface area contributed by atoms with Crippen molar-refractivity contribution in [2.24, 2.45) is 126 Å². The molecule has 0 bridgehead atoms. The Bertz CT molecular complexity index is 3090. The molecule has 2 aromatic heterocycles. The van der Waals surface area contributed by atoms with Gasteiger partial charge in [-0.05, 0) is 277 Å². The summed E-state index contributed by atoms with van der Waals surface area (Å²) in [6.07, 6.45) is 39.5. The molecule has 1 unspecified atom stereocenters. The number of ether oxygens (including phenoxy) is 3. The van der Waals surface area contributed by atoms with E-state index in [1.807, 2.05) is 0 Å². The Balaban J connectivity index is 0.000000166. The number of carbonyl (C=O) groups excluding carboxylic acids is 3. The molecule has 13 aliphatic rings. The highest BCUT2D eigenvalue weighted by atomic mass is 79.9. The van der Waals surface area contributed by atoms with Crippen LogP contribution in [0.15, 0.2) is 42.1 Å². The van der Waals surface area contributed by atoms with Crippen molar-refractivity contribution in [1.82, 2.24) is 19.1 Å². The van der Waals surface area contributed by atoms with E-state index >= 15 is 0 Å². The lowest BCUT2D eigenvalue weighted by atomic mass is 9.44. The van der Waals surface area contributed by atoms with E-state index in [1.165, 1.54) is 114 Å². The van der Waals surface area contributed by atoms with Gasteiger partial charge in [-0.1, -0.05) is 72.3 Å². The average Bonchev–Trinajstić information content (AvgIpc) is 1.30. The Morgan fingerprint density at radius 1 is 0.490 bits per heavy atom. The Morgan fingerprint density at radius 2 is 0.804 bits per heavy atom. The zero-order valence-electron chi connectivity index (χ0n) is 62.0. The number of aliphatic imine (C=N–C) groups is 1. The summed E-state index contributed by atoms with van der Waals surface area (Å²) < 4.78 is 67.6. The number of halogens is 5. The first-order chi connectivity index (χ1) is 47.4. The number of fused-ring (bicyclic) bond motifs is 15. The van der Waals surface area contributed by atoms with Crippen molar-refractivity contribution >= 4 is 51.6 Å². The van der Waals surface area contributed by atoms with Crippen molar-refractivity contribution in [3.8, 4) is 0 Å². The molecule has 0 aromatic carbocycles. The SMILES string of the molecule is C.C.COC[C@@]1(O)CC[C@@]2(C)[C@@H](CC[C@@H]3[C@@H]2CC[C@]2(C)C(C(=O)Cn4cnc(F)c4)CC[C@@H]32)C1.COC[C@@]1(O)CC[C@@]2(C)[C@@H](CC[C@@H]3[C@@H]2CC[C@]2(C)[C@@H](C(=O)CBr)CC[C@@H]32)C1.COC[C@@]1(O)CC[C@@]2(C)[C@@H](CC[C@@H]3[C@@H]2CC[C@]2(C)[C@@H](C(=O)Cn4cnc(F)c4)CC[C@@H]32)C1.CSF.FC1=CN=CC1. The van der Waals surface area contributed by atoms with Crippen molar-refractivity contribution in [2.75, 3.05) is 52.7 Å². The van der Waals surface area contributed by atoms with Crippen LogP contribution in [0.25, 0.3) is 0 Å². The van der Waals surface area contributed by atoms with Crippen LogP contribution in [-0.2, 0) is 41.7 Å². The van der Waals surface area contributed by atoms with Gasteiger partial charge in [0.15, 0.2) is 11.6 Å². The smallest absolute Gasteiger partial charge is 0.230 e. The Morgan fingerprint density at radius 3 is 1.06 bits per heavy atom. The van der Waals surface area contributed by atoms with Gasteiger partial charge in [0.25, 0.3) is 0 Å². The van der Waals surface area contributed by atoms with E-state index in [9.17, 15) is 46.8 Å². The molecule has 0 saturated heterocycles. The standard InChI is InChI=1S/2C26H39FN2O3.C23H37BrO3.C4H4FN.CH3FS.2CH4/c2*1-24-10-11-26(31,15-32-3)12-17(24)4-5-18-19-6-7-21(25(19,2)9-8-20(18)24)22(30)13-29-14-23(27)28-16-29;1-21-10-11-23(26,14-27-3)12-15(21)4-5-16-17-6-7-19(20(25)13-24)22(17,2)9-8-18(16)21;5-4-1-2-6-3-4;1-3-2;;/h2*14,16-21,31H,4-13,15H2,1-3H3;15-19,26H,4-14H2,1-3H3;2-3H,1H2;1H3;2*1H4/t17-,18-,19-,20-,21?,24-,25-,26+;17-,18-,19-,20-,21+,24-,25-,26+;15-,16-,17-,18-,19+,21-,22-,23+;;;;/m000..../s1. The predicted molar refractivity (Wildman–Crippen MR) is 400 cm³/mol. The van der Waals surface area contributed by atoms with Gasteiger partial charge in [-0.15, -0.1) is 0 Å². The van der Waals surface area contributed by atoms with E-state index in [-0.39, 0.29) is 91.5 Å². The predicted octanol–water partition coefficient (Wildman–Crippen LogP) is 18.0. The maximum Gasteiger partial charge on any atom is 0.230 e. The summed E-state index contributed by atoms with van der Waals surface area (Å²) in [5, 5.41) is 33.6. The average molecular weight is 1520 g/mol. The van der Waals surface area contributed by atoms with Crippen LogP contribution < -0.4 is 0 Å². The number of alkyl halides is 1. The third kappa shape index (κ3) is 16.1. The second kappa shape index (κ2) is 33.2. The maximum absolute atomic E-state index is 13.3. The van der Waals surface area contributed by atoms with Crippen LogP contribution in [0, 0.1) is 133 Å². The van der Waals surface area contributed by atoms with E-state index in [4.69, 9.17) is 14.2 Å². The third-order valence-corrected chi connectivity index (χ3v) is 32.0. The molecule has 2 aromatic rings. The minimum Gasteiger partial charge on any atom is -0.387 e. The fourth-order valence-electron chi connectivity index (χ4n) is 26.6. The highest BCUT2D eigenvalue weighted by molar-refractivity contribution is 9.09. The molecule has 14 nitrogen and oxygen atoms in total. The van der Waals surface area contributed by atoms with Gasteiger partial charge in [0, 0.05) is 70.1 Å². The molecule has 3 heterocycles. The molecule has 0 spiro atoms. The molecule has 102 heavy (non-hydrogen) atoms. The molecular weight excluding hydrogens is 1390 g/mol. The highest BCUT2D eigenvalue weighted by Gasteiger charge is 2.66. The first-order valence-corrected chi connectivity index (χ1v) is 40.8. The Hall–Kier alpha value is -2.85. The number of Topliss-reactive ketones (excluding diaryl/α,β-unsaturated/α-hetero) is 3. The van der Waals surface area contributed by atoms with Crippen LogP contribution >= 0.6 is 28.1 Å². The van der Waals surface area contributed by atoms with Gasteiger partial charge < -0.3 is 38.7 Å². The molecule has 12 saturated carbocycles. The first kappa shape index (κ1) is 83.2. The number of aliphatic hydroxyl groups is 3. The highest BCUT2D eigenvalue weighted by Crippen LogP contribution is 2.72. The molecule has 12 fully saturated rings. The topological polar surface area (TPSA) is 188 Å². The fraction of sp³-hybridized carbons (Fsp3) is 0.854. The largest absolute Gasteiger partial charge is 0.387 e. The summed E-state index contributed by atoms with van der Waals surface area (Å²) >= 11 is 3.68. The van der Waals surface area contributed by atoms with Gasteiger partial charge >= 0.3 is 0 Å². The van der Waals surface area contributed by atoms with Gasteiger partial charge in [0.1, 0.15) is 11.6 Å². The molecular formula is C82H130BrF4N5O9S. The van der Waals surface area contributed by atoms with Crippen LogP contribution in [0.1, 0.15) is 236 Å². The van der Waals surface area contributed by atoms with E-state index in [0.29, 0.717) is 107 Å². The summed E-state index contributed by atoms with van der Waals surface area (Å²) in [6, 6.07) is 0. The zero-order chi connectivity index (χ0) is 72.0. The number of nitrogens with zero attached hydrogens (tertiary/aromatic N) is 5. The quantitative estimate of drug-likeness (QED) is 0.120. The number of carbonyl (C=O) groups is 3. The number of allylic oxidation sites excluding steroid dienone is 1. The molecule has 12 aliphatic carbocycles. The lowest BCUT2D eigenvalue weighted by Gasteiger charge is -2.62. The van der Waals surface area contributed by atoms with Crippen molar-refractivity contribution in [1.29, 1.82) is 0 Å². The summed E-state index contributed by atoms with van der Waals surface area (Å²) in [6.45, 7) is 16.5. The molecule has 578 valence electrons. The van der Waals surface area contributed by atoms with Crippen LogP contribution in [0.3, 0.4) is 0 Å². The van der Waals surface area contributed by atoms with Crippen LogP contribution in [-0.4, -0.2) is 128 Å². The number of hydrogen-bond acceptors (Lipinski definition) is 13. The van der Waals surface area contributed by atoms with E-state index in [0.717, 1.165) is 120 Å². The number of hydrogen-bond donors (Lipinski definition) is 3. The third-order valence-electron chi connectivity index (χ3n) is 31.5. The lowest BCUT2D eigenvalue weighted by Crippen LogP contribution is -2.56. The fourth-order valence-corrected chi connectivity index (χ4v) is 27.0. The summed E-state index contributed by atoms with van der Waals surface area (Å²) in [5.41, 5.74) is -0.642. The number of aromatic nitrogens is 4.